The van der Waals surface area contributed by atoms with Crippen LogP contribution in [0.1, 0.15) is 37.8 Å². The van der Waals surface area contributed by atoms with Gasteiger partial charge < -0.3 is 5.32 Å². The molecule has 1 saturated heterocycles. The summed E-state index contributed by atoms with van der Waals surface area (Å²) in [5.74, 6) is 0. The average molecular weight is 409 g/mol. The van der Waals surface area contributed by atoms with E-state index in [2.05, 4.69) is 17.1 Å². The van der Waals surface area contributed by atoms with E-state index in [9.17, 15) is 0 Å². The Labute approximate surface area is 160 Å². The average Bonchev–Trinajstić information content (AvgIpc) is 2.47. The Morgan fingerprint density at radius 2 is 1.68 bits per heavy atom. The van der Waals surface area contributed by atoms with Crippen molar-refractivity contribution >= 4 is 59.6 Å². The summed E-state index contributed by atoms with van der Waals surface area (Å²) in [5, 5.41) is 5.30. The maximum absolute atomic E-state index is 6.43. The molecule has 1 fully saturated rings. The first-order chi connectivity index (χ1) is 9.65. The maximum Gasteiger partial charge on any atom is 0.0655 e. The number of unbranched alkanes of at least 4 members (excludes halogenated alkanes) is 1. The number of nitrogens with zero attached hydrogens (tertiary/aromatic N) is 1. The number of nitrogens with one attached hydrogen (secondary N) is 1. The molecule has 22 heavy (non-hydrogen) atoms. The van der Waals surface area contributed by atoms with E-state index in [4.69, 9.17) is 34.8 Å². The molecule has 1 aliphatic rings. The summed E-state index contributed by atoms with van der Waals surface area (Å²) in [7, 11) is 0. The predicted octanol–water partition coefficient (Wildman–Crippen LogP) is 5.63. The molecule has 7 heteroatoms. The number of hydrogen-bond acceptors (Lipinski definition) is 2. The van der Waals surface area contributed by atoms with Crippen LogP contribution in [0.25, 0.3) is 0 Å². The Kier molecular flexibility index (Phi) is 11.5. The minimum atomic E-state index is 0. The Balaban J connectivity index is 0.00000220. The second-order valence-electron chi connectivity index (χ2n) is 5.20. The molecule has 1 N–H and O–H groups in total. The van der Waals surface area contributed by atoms with E-state index in [1.807, 2.05) is 6.07 Å². The maximum atomic E-state index is 6.43. The summed E-state index contributed by atoms with van der Waals surface area (Å²) in [5.41, 5.74) is 0.996. The normalized spacial score (nSPS) is 16.5. The minimum absolute atomic E-state index is 0. The van der Waals surface area contributed by atoms with Crippen molar-refractivity contribution in [2.75, 3.05) is 26.2 Å². The van der Waals surface area contributed by atoms with Crippen LogP contribution in [0.5, 0.6) is 0 Å². The van der Waals surface area contributed by atoms with Gasteiger partial charge in [0.15, 0.2) is 0 Å². The smallest absolute Gasteiger partial charge is 0.0655 e. The first-order valence-electron chi connectivity index (χ1n) is 7.23. The van der Waals surface area contributed by atoms with Crippen LogP contribution in [-0.2, 0) is 0 Å². The van der Waals surface area contributed by atoms with Gasteiger partial charge in [-0.3, -0.25) is 4.90 Å². The number of piperazine rings is 1. The number of rotatable bonds is 5. The first-order valence-corrected chi connectivity index (χ1v) is 8.36. The summed E-state index contributed by atoms with van der Waals surface area (Å²) in [6.45, 7) is 6.27. The quantitative estimate of drug-likeness (QED) is 0.636. The lowest BCUT2D eigenvalue weighted by Crippen LogP contribution is -2.45. The van der Waals surface area contributed by atoms with Crippen molar-refractivity contribution in [3.63, 3.8) is 0 Å². The zero-order chi connectivity index (χ0) is 14.5. The van der Waals surface area contributed by atoms with Crippen LogP contribution in [0.3, 0.4) is 0 Å². The highest BCUT2D eigenvalue weighted by atomic mass is 35.5. The van der Waals surface area contributed by atoms with Crippen LogP contribution in [0.2, 0.25) is 15.1 Å². The van der Waals surface area contributed by atoms with Crippen LogP contribution >= 0.6 is 59.6 Å². The van der Waals surface area contributed by atoms with Crippen LogP contribution < -0.4 is 5.32 Å². The molecule has 2 rings (SSSR count). The molecule has 2 nitrogen and oxygen atoms in total. The van der Waals surface area contributed by atoms with Crippen LogP contribution in [0.15, 0.2) is 12.1 Å². The van der Waals surface area contributed by atoms with Gasteiger partial charge in [0.2, 0.25) is 0 Å². The molecule has 128 valence electrons. The summed E-state index contributed by atoms with van der Waals surface area (Å²) in [4.78, 5) is 2.47. The highest BCUT2D eigenvalue weighted by molar-refractivity contribution is 6.44. The molecule has 1 aromatic rings. The molecule has 1 aromatic carbocycles. The Hall–Kier alpha value is 0.590. The summed E-state index contributed by atoms with van der Waals surface area (Å²) in [6.07, 6.45) is 3.39. The van der Waals surface area contributed by atoms with E-state index in [1.165, 1.54) is 6.42 Å². The first kappa shape index (κ1) is 22.6. The van der Waals surface area contributed by atoms with E-state index in [0.29, 0.717) is 10.0 Å². The van der Waals surface area contributed by atoms with Crippen molar-refractivity contribution in [2.45, 2.75) is 32.2 Å². The van der Waals surface area contributed by atoms with Gasteiger partial charge in [-0.05, 0) is 18.6 Å². The van der Waals surface area contributed by atoms with E-state index in [0.717, 1.165) is 49.6 Å². The van der Waals surface area contributed by atoms with Crippen LogP contribution in [-0.4, -0.2) is 31.1 Å². The standard InChI is InChI=1S/C15H21Cl3N2.2ClH/c1-2-3-4-13(20-9-7-19-8-10-20)14-11(16)5-6-12(17)15(14)18;;/h5-6,13,19H,2-4,7-10H2,1H3;2*1H/t13-;;/m1../s1. The largest absolute Gasteiger partial charge is 0.314 e. The number of halogens is 5. The van der Waals surface area contributed by atoms with Gasteiger partial charge in [0.25, 0.3) is 0 Å². The second-order valence-corrected chi connectivity index (χ2v) is 6.39. The lowest BCUT2D eigenvalue weighted by Gasteiger charge is -2.36. The van der Waals surface area contributed by atoms with Gasteiger partial charge in [-0.15, -0.1) is 24.8 Å². The Morgan fingerprint density at radius 3 is 2.27 bits per heavy atom. The molecular weight excluding hydrogens is 385 g/mol. The summed E-state index contributed by atoms with van der Waals surface area (Å²) >= 11 is 19.0. The third-order valence-electron chi connectivity index (χ3n) is 3.84. The number of benzene rings is 1. The summed E-state index contributed by atoms with van der Waals surface area (Å²) < 4.78 is 0. The Morgan fingerprint density at radius 1 is 1.09 bits per heavy atom. The van der Waals surface area contributed by atoms with Crippen molar-refractivity contribution < 1.29 is 0 Å². The molecule has 0 spiro atoms. The van der Waals surface area contributed by atoms with Gasteiger partial charge >= 0.3 is 0 Å². The van der Waals surface area contributed by atoms with Gasteiger partial charge in [0.1, 0.15) is 0 Å². The zero-order valence-corrected chi connectivity index (χ0v) is 16.5. The highest BCUT2D eigenvalue weighted by Gasteiger charge is 2.26. The molecule has 1 atom stereocenters. The van der Waals surface area contributed by atoms with Gasteiger partial charge in [0, 0.05) is 42.8 Å². The molecule has 0 amide bonds. The van der Waals surface area contributed by atoms with Crippen molar-refractivity contribution in [1.82, 2.24) is 10.2 Å². The van der Waals surface area contributed by atoms with Crippen molar-refractivity contribution in [3.05, 3.63) is 32.8 Å². The van der Waals surface area contributed by atoms with Crippen LogP contribution in [0, 0.1) is 0 Å². The van der Waals surface area contributed by atoms with Crippen LogP contribution in [0.4, 0.5) is 0 Å². The molecule has 0 saturated carbocycles. The topological polar surface area (TPSA) is 15.3 Å². The molecule has 0 aliphatic carbocycles. The van der Waals surface area contributed by atoms with E-state index in [1.54, 1.807) is 6.07 Å². The SMILES string of the molecule is CCCC[C@H](c1c(Cl)ccc(Cl)c1Cl)N1CCNCC1.Cl.Cl. The lowest BCUT2D eigenvalue weighted by molar-refractivity contribution is 0.163. The van der Waals surface area contributed by atoms with E-state index < -0.39 is 0 Å². The second kappa shape index (κ2) is 11.2. The van der Waals surface area contributed by atoms with Crippen molar-refractivity contribution in [1.29, 1.82) is 0 Å². The molecule has 0 aromatic heterocycles. The monoisotopic (exact) mass is 406 g/mol. The lowest BCUT2D eigenvalue weighted by atomic mass is 9.98. The number of hydrogen-bond donors (Lipinski definition) is 1. The minimum Gasteiger partial charge on any atom is -0.314 e. The van der Waals surface area contributed by atoms with E-state index >= 15 is 0 Å². The molecule has 1 heterocycles. The zero-order valence-electron chi connectivity index (χ0n) is 12.6. The van der Waals surface area contributed by atoms with Crippen molar-refractivity contribution in [2.24, 2.45) is 0 Å². The Bertz CT molecular complexity index is 450. The summed E-state index contributed by atoms with van der Waals surface area (Å²) in [6, 6.07) is 3.88. The molecular formula is C15H23Cl5N2. The highest BCUT2D eigenvalue weighted by Crippen LogP contribution is 2.40. The van der Waals surface area contributed by atoms with Gasteiger partial charge in [-0.25, -0.2) is 0 Å². The molecule has 1 aliphatic heterocycles. The van der Waals surface area contributed by atoms with Crippen molar-refractivity contribution in [3.8, 4) is 0 Å². The fourth-order valence-corrected chi connectivity index (χ4v) is 3.54. The fraction of sp³-hybridized carbons (Fsp3) is 0.600. The molecule has 0 unspecified atom stereocenters. The molecule has 0 bridgehead atoms. The predicted molar refractivity (Wildman–Crippen MR) is 103 cm³/mol. The third-order valence-corrected chi connectivity index (χ3v) is 4.98. The van der Waals surface area contributed by atoms with Gasteiger partial charge in [-0.1, -0.05) is 54.6 Å². The van der Waals surface area contributed by atoms with E-state index in [-0.39, 0.29) is 30.9 Å². The fourth-order valence-electron chi connectivity index (χ4n) is 2.75. The van der Waals surface area contributed by atoms with Gasteiger partial charge in [-0.2, -0.15) is 0 Å². The molecule has 0 radical (unpaired) electrons. The van der Waals surface area contributed by atoms with Gasteiger partial charge in [0.05, 0.1) is 10.0 Å². The third kappa shape index (κ3) is 5.59.